The number of rotatable bonds is 8. The highest BCUT2D eigenvalue weighted by atomic mass is 19.1. The van der Waals surface area contributed by atoms with Crippen LogP contribution in [0.4, 0.5) is 26.1 Å². The van der Waals surface area contributed by atoms with Crippen molar-refractivity contribution in [2.24, 2.45) is 0 Å². The van der Waals surface area contributed by atoms with E-state index in [-0.39, 0.29) is 29.4 Å². The molecule has 176 valence electrons. The van der Waals surface area contributed by atoms with Crippen molar-refractivity contribution >= 4 is 23.1 Å². The van der Waals surface area contributed by atoms with Gasteiger partial charge in [-0.15, -0.1) is 0 Å². The van der Waals surface area contributed by atoms with E-state index in [0.717, 1.165) is 49.3 Å². The number of benzene rings is 2. The number of halogens is 2. The zero-order valence-corrected chi connectivity index (χ0v) is 19.0. The Kier molecular flexibility index (Phi) is 7.15. The monoisotopic (exact) mass is 464 g/mol. The van der Waals surface area contributed by atoms with Gasteiger partial charge in [0.05, 0.1) is 19.0 Å². The number of methoxy groups -OCH3 is 1. The second-order valence-corrected chi connectivity index (χ2v) is 8.14. The molecular formula is C26H26F2N4O2. The summed E-state index contributed by atoms with van der Waals surface area (Å²) in [5, 5.41) is 3.11. The number of nitrogens with one attached hydrogen (secondary N) is 1. The van der Waals surface area contributed by atoms with Crippen LogP contribution in [0.1, 0.15) is 24.8 Å². The Morgan fingerprint density at radius 2 is 1.97 bits per heavy atom. The van der Waals surface area contributed by atoms with Crippen molar-refractivity contribution in [1.29, 1.82) is 0 Å². The molecule has 8 heteroatoms. The summed E-state index contributed by atoms with van der Waals surface area (Å²) in [5.41, 5.74) is 2.26. The quantitative estimate of drug-likeness (QED) is 0.447. The first kappa shape index (κ1) is 23.4. The number of anilines is 3. The van der Waals surface area contributed by atoms with Crippen LogP contribution in [0.25, 0.3) is 11.3 Å². The predicted molar refractivity (Wildman–Crippen MR) is 129 cm³/mol. The number of hydrogen-bond acceptors (Lipinski definition) is 6. The molecule has 34 heavy (non-hydrogen) atoms. The zero-order chi connectivity index (χ0) is 24.1. The van der Waals surface area contributed by atoms with E-state index in [1.54, 1.807) is 13.2 Å². The Bertz CT molecular complexity index is 1210. The van der Waals surface area contributed by atoms with Crippen LogP contribution in [0, 0.1) is 11.6 Å². The number of nitrogens with zero attached hydrogens (tertiary/aromatic N) is 3. The minimum absolute atomic E-state index is 0.0306. The Balaban J connectivity index is 1.63. The standard InChI is InChI=1S/C26H26F2N4O2/c1-3-21(33)13-17-11-18(14-19(27)12-17)25-22(28)16-29-26(31-25)30-20-7-8-24(34-2)23(15-20)32-9-5-4-6-10-32/h3,7-8,11-12,14-16H,1,4-6,9-10,13H2,2H3,(H,29,30,31). The van der Waals surface area contributed by atoms with Crippen molar-refractivity contribution in [3.63, 3.8) is 0 Å². The smallest absolute Gasteiger partial charge is 0.227 e. The summed E-state index contributed by atoms with van der Waals surface area (Å²) in [5.74, 6) is -0.598. The van der Waals surface area contributed by atoms with E-state index in [1.807, 2.05) is 18.2 Å². The van der Waals surface area contributed by atoms with Gasteiger partial charge in [0.1, 0.15) is 17.3 Å². The van der Waals surface area contributed by atoms with Crippen molar-refractivity contribution in [2.45, 2.75) is 25.7 Å². The molecule has 0 aliphatic carbocycles. The third kappa shape index (κ3) is 5.39. The molecule has 1 saturated heterocycles. The molecule has 1 fully saturated rings. The van der Waals surface area contributed by atoms with Crippen molar-refractivity contribution < 1.29 is 18.3 Å². The van der Waals surface area contributed by atoms with Gasteiger partial charge in [-0.2, -0.15) is 0 Å². The number of ether oxygens (including phenoxy) is 1. The average Bonchev–Trinajstić information content (AvgIpc) is 2.85. The first-order valence-corrected chi connectivity index (χ1v) is 11.1. The van der Waals surface area contributed by atoms with E-state index in [9.17, 15) is 13.6 Å². The van der Waals surface area contributed by atoms with Gasteiger partial charge in [0, 0.05) is 30.8 Å². The van der Waals surface area contributed by atoms with E-state index in [0.29, 0.717) is 5.56 Å². The molecule has 1 aromatic heterocycles. The number of carbonyl (C=O) groups is 1. The Morgan fingerprint density at radius 1 is 1.18 bits per heavy atom. The third-order valence-electron chi connectivity index (χ3n) is 5.71. The number of allylic oxidation sites excluding steroid dienone is 1. The highest BCUT2D eigenvalue weighted by molar-refractivity contribution is 5.91. The summed E-state index contributed by atoms with van der Waals surface area (Å²) in [7, 11) is 1.64. The SMILES string of the molecule is C=CC(=O)Cc1cc(F)cc(-c2nc(Nc3ccc(OC)c(N4CCCCC4)c3)ncc2F)c1. The number of ketones is 1. The summed E-state index contributed by atoms with van der Waals surface area (Å²) >= 11 is 0. The largest absolute Gasteiger partial charge is 0.495 e. The summed E-state index contributed by atoms with van der Waals surface area (Å²) < 4.78 is 34.4. The maximum absolute atomic E-state index is 14.6. The minimum Gasteiger partial charge on any atom is -0.495 e. The Morgan fingerprint density at radius 3 is 2.71 bits per heavy atom. The van der Waals surface area contributed by atoms with Gasteiger partial charge in [0.2, 0.25) is 5.95 Å². The molecule has 6 nitrogen and oxygen atoms in total. The van der Waals surface area contributed by atoms with E-state index < -0.39 is 11.6 Å². The van der Waals surface area contributed by atoms with Crippen LogP contribution in [0.3, 0.4) is 0 Å². The number of piperidine rings is 1. The van der Waals surface area contributed by atoms with Crippen LogP contribution < -0.4 is 15.0 Å². The van der Waals surface area contributed by atoms with Gasteiger partial charge in [0.15, 0.2) is 11.6 Å². The summed E-state index contributed by atoms with van der Waals surface area (Å²) in [6.07, 6.45) is 5.65. The molecule has 0 atom stereocenters. The number of hydrogen-bond donors (Lipinski definition) is 1. The van der Waals surface area contributed by atoms with E-state index >= 15 is 0 Å². The molecule has 1 aliphatic heterocycles. The minimum atomic E-state index is -0.694. The van der Waals surface area contributed by atoms with Crippen molar-refractivity contribution in [2.75, 3.05) is 30.4 Å². The van der Waals surface area contributed by atoms with Gasteiger partial charge in [-0.1, -0.05) is 6.58 Å². The maximum Gasteiger partial charge on any atom is 0.227 e. The lowest BCUT2D eigenvalue weighted by Gasteiger charge is -2.30. The van der Waals surface area contributed by atoms with Crippen molar-refractivity contribution in [1.82, 2.24) is 9.97 Å². The highest BCUT2D eigenvalue weighted by Gasteiger charge is 2.17. The van der Waals surface area contributed by atoms with E-state index in [4.69, 9.17) is 4.74 Å². The molecule has 2 heterocycles. The van der Waals surface area contributed by atoms with Gasteiger partial charge in [0.25, 0.3) is 0 Å². The maximum atomic E-state index is 14.6. The molecular weight excluding hydrogens is 438 g/mol. The van der Waals surface area contributed by atoms with Crippen LogP contribution in [0.15, 0.2) is 55.3 Å². The molecule has 1 N–H and O–H groups in total. The second-order valence-electron chi connectivity index (χ2n) is 8.14. The lowest BCUT2D eigenvalue weighted by atomic mass is 10.0. The van der Waals surface area contributed by atoms with Gasteiger partial charge >= 0.3 is 0 Å². The van der Waals surface area contributed by atoms with Crippen LogP contribution >= 0.6 is 0 Å². The topological polar surface area (TPSA) is 67.3 Å². The summed E-state index contributed by atoms with van der Waals surface area (Å²) in [4.78, 5) is 22.3. The van der Waals surface area contributed by atoms with Crippen LogP contribution in [-0.4, -0.2) is 36.0 Å². The lowest BCUT2D eigenvalue weighted by molar-refractivity contribution is -0.114. The number of aromatic nitrogens is 2. The van der Waals surface area contributed by atoms with Gasteiger partial charge < -0.3 is 15.0 Å². The molecule has 3 aromatic rings. The second kappa shape index (κ2) is 10.4. The Labute approximate surface area is 197 Å². The third-order valence-corrected chi connectivity index (χ3v) is 5.71. The Hall–Kier alpha value is -3.81. The van der Waals surface area contributed by atoms with Crippen molar-refractivity contribution in [3.05, 3.63) is 72.4 Å². The molecule has 2 aromatic carbocycles. The van der Waals surface area contributed by atoms with E-state index in [1.165, 1.54) is 24.6 Å². The van der Waals surface area contributed by atoms with Gasteiger partial charge in [-0.25, -0.2) is 18.7 Å². The predicted octanol–water partition coefficient (Wildman–Crippen LogP) is 5.46. The molecule has 0 unspecified atom stereocenters. The fourth-order valence-electron chi connectivity index (χ4n) is 4.07. The zero-order valence-electron chi connectivity index (χ0n) is 19.0. The molecule has 0 saturated carbocycles. The fraction of sp³-hybridized carbons (Fsp3) is 0.269. The van der Waals surface area contributed by atoms with Crippen LogP contribution in [-0.2, 0) is 11.2 Å². The first-order chi connectivity index (χ1) is 16.5. The van der Waals surface area contributed by atoms with Gasteiger partial charge in [-0.3, -0.25) is 4.79 Å². The van der Waals surface area contributed by atoms with Gasteiger partial charge in [-0.05, 0) is 67.3 Å². The van der Waals surface area contributed by atoms with Crippen molar-refractivity contribution in [3.8, 4) is 17.0 Å². The van der Waals surface area contributed by atoms with E-state index in [2.05, 4.69) is 26.8 Å². The molecule has 4 rings (SSSR count). The molecule has 0 amide bonds. The number of carbonyl (C=O) groups excluding carboxylic acids is 1. The first-order valence-electron chi connectivity index (χ1n) is 11.1. The summed E-state index contributed by atoms with van der Waals surface area (Å²) in [6, 6.07) is 9.62. The summed E-state index contributed by atoms with van der Waals surface area (Å²) in [6.45, 7) is 5.33. The molecule has 0 radical (unpaired) electrons. The average molecular weight is 465 g/mol. The molecule has 0 bridgehead atoms. The van der Waals surface area contributed by atoms with Crippen LogP contribution in [0.5, 0.6) is 5.75 Å². The fourth-order valence-corrected chi connectivity index (χ4v) is 4.07. The molecule has 0 spiro atoms. The molecule has 1 aliphatic rings. The highest BCUT2D eigenvalue weighted by Crippen LogP contribution is 2.34. The normalized spacial score (nSPS) is 13.4. The lowest BCUT2D eigenvalue weighted by Crippen LogP contribution is -2.29. The van der Waals surface area contributed by atoms with Crippen LogP contribution in [0.2, 0.25) is 0 Å².